The highest BCUT2D eigenvalue weighted by atomic mass is 32.2. The van der Waals surface area contributed by atoms with Gasteiger partial charge < -0.3 is 10.5 Å². The highest BCUT2D eigenvalue weighted by molar-refractivity contribution is 7.89. The zero-order valence-electron chi connectivity index (χ0n) is 17.1. The van der Waals surface area contributed by atoms with Crippen molar-refractivity contribution in [2.24, 2.45) is 5.73 Å². The van der Waals surface area contributed by atoms with Gasteiger partial charge in [-0.2, -0.15) is 4.31 Å². The lowest BCUT2D eigenvalue weighted by molar-refractivity contribution is 0.0369. The minimum Gasteiger partial charge on any atom is -0.379 e. The summed E-state index contributed by atoms with van der Waals surface area (Å²) in [6.45, 7) is 6.27. The summed E-state index contributed by atoms with van der Waals surface area (Å²) < 4.78 is 33.3. The first-order valence-electron chi connectivity index (χ1n) is 10.7. The van der Waals surface area contributed by atoms with E-state index in [1.165, 1.54) is 12.8 Å². The maximum atomic E-state index is 13.1. The van der Waals surface area contributed by atoms with Crippen molar-refractivity contribution in [3.63, 3.8) is 0 Å². The van der Waals surface area contributed by atoms with E-state index in [1.54, 1.807) is 28.6 Å². The van der Waals surface area contributed by atoms with Gasteiger partial charge in [-0.3, -0.25) is 4.90 Å². The predicted octanol–water partition coefficient (Wildman–Crippen LogP) is 2.70. The van der Waals surface area contributed by atoms with Crippen LogP contribution in [0.1, 0.15) is 44.9 Å². The van der Waals surface area contributed by atoms with Crippen LogP contribution in [-0.2, 0) is 14.8 Å². The Kier molecular flexibility index (Phi) is 11.0. The normalized spacial score (nSPS) is 15.9. The molecular weight excluding hydrogens is 374 g/mol. The molecule has 7 heteroatoms. The molecule has 0 radical (unpaired) electrons. The number of unbranched alkanes of at least 4 members (excludes halogenated alkanes) is 5. The summed E-state index contributed by atoms with van der Waals surface area (Å²) in [5, 5.41) is 0. The van der Waals surface area contributed by atoms with Crippen LogP contribution in [0.2, 0.25) is 0 Å². The standard InChI is InChI=1S/C21H37N3O3S/c22-13-8-3-1-2-4-9-15-24(16-10-14-23-17-19-27-20-18-23)28(25,26)21-11-6-5-7-12-21/h5-7,11-12H,1-4,8-10,13-20,22H2. The van der Waals surface area contributed by atoms with Crippen LogP contribution in [0.4, 0.5) is 0 Å². The van der Waals surface area contributed by atoms with E-state index in [2.05, 4.69) is 4.90 Å². The monoisotopic (exact) mass is 411 g/mol. The van der Waals surface area contributed by atoms with E-state index in [0.717, 1.165) is 71.5 Å². The summed E-state index contributed by atoms with van der Waals surface area (Å²) in [5.74, 6) is 0. The third-order valence-corrected chi connectivity index (χ3v) is 7.14. The number of benzene rings is 1. The van der Waals surface area contributed by atoms with Crippen LogP contribution >= 0.6 is 0 Å². The van der Waals surface area contributed by atoms with Gasteiger partial charge >= 0.3 is 0 Å². The fourth-order valence-electron chi connectivity index (χ4n) is 3.53. The van der Waals surface area contributed by atoms with Gasteiger partial charge in [-0.25, -0.2) is 8.42 Å². The third kappa shape index (κ3) is 8.17. The molecule has 0 unspecified atom stereocenters. The number of hydrogen-bond donors (Lipinski definition) is 1. The van der Waals surface area contributed by atoms with Crippen molar-refractivity contribution in [2.75, 3.05) is 52.5 Å². The van der Waals surface area contributed by atoms with Gasteiger partial charge in [0.2, 0.25) is 10.0 Å². The van der Waals surface area contributed by atoms with Crippen molar-refractivity contribution in [1.82, 2.24) is 9.21 Å². The Labute approximate surface area is 171 Å². The molecule has 0 aromatic heterocycles. The van der Waals surface area contributed by atoms with Gasteiger partial charge in [0.25, 0.3) is 0 Å². The molecule has 1 aromatic carbocycles. The highest BCUT2D eigenvalue weighted by Crippen LogP contribution is 2.17. The van der Waals surface area contributed by atoms with Crippen LogP contribution in [0.5, 0.6) is 0 Å². The molecule has 1 heterocycles. The molecule has 0 saturated carbocycles. The van der Waals surface area contributed by atoms with E-state index in [0.29, 0.717) is 18.0 Å². The van der Waals surface area contributed by atoms with Crippen molar-refractivity contribution in [1.29, 1.82) is 0 Å². The smallest absolute Gasteiger partial charge is 0.243 e. The van der Waals surface area contributed by atoms with Gasteiger partial charge in [0.05, 0.1) is 18.1 Å². The van der Waals surface area contributed by atoms with E-state index in [4.69, 9.17) is 10.5 Å². The van der Waals surface area contributed by atoms with Crippen LogP contribution in [0.25, 0.3) is 0 Å². The number of nitrogens with two attached hydrogens (primary N) is 1. The molecule has 0 bridgehead atoms. The second kappa shape index (κ2) is 13.3. The quantitative estimate of drug-likeness (QED) is 0.476. The van der Waals surface area contributed by atoms with E-state index in [1.807, 2.05) is 6.07 Å². The van der Waals surface area contributed by atoms with E-state index in [-0.39, 0.29) is 0 Å². The Morgan fingerprint density at radius 3 is 2.18 bits per heavy atom. The van der Waals surface area contributed by atoms with Crippen molar-refractivity contribution in [3.8, 4) is 0 Å². The molecule has 0 aliphatic carbocycles. The van der Waals surface area contributed by atoms with Gasteiger partial charge in [0, 0.05) is 26.2 Å². The summed E-state index contributed by atoms with van der Waals surface area (Å²) in [6, 6.07) is 8.81. The maximum absolute atomic E-state index is 13.1. The first-order chi connectivity index (χ1) is 13.6. The maximum Gasteiger partial charge on any atom is 0.243 e. The van der Waals surface area contributed by atoms with Crippen LogP contribution in [0, 0.1) is 0 Å². The van der Waals surface area contributed by atoms with E-state index >= 15 is 0 Å². The fourth-order valence-corrected chi connectivity index (χ4v) is 5.07. The average molecular weight is 412 g/mol. The third-order valence-electron chi connectivity index (χ3n) is 5.23. The SMILES string of the molecule is NCCCCCCCCN(CCCN1CCOCC1)S(=O)(=O)c1ccccc1. The van der Waals surface area contributed by atoms with Crippen molar-refractivity contribution >= 4 is 10.0 Å². The molecule has 0 spiro atoms. The highest BCUT2D eigenvalue weighted by Gasteiger charge is 2.23. The lowest BCUT2D eigenvalue weighted by atomic mass is 10.1. The molecule has 1 saturated heterocycles. The summed E-state index contributed by atoms with van der Waals surface area (Å²) in [5.41, 5.74) is 5.53. The summed E-state index contributed by atoms with van der Waals surface area (Å²) in [4.78, 5) is 2.75. The molecule has 0 atom stereocenters. The molecule has 0 amide bonds. The number of nitrogens with zero attached hydrogens (tertiary/aromatic N) is 2. The van der Waals surface area contributed by atoms with Crippen LogP contribution in [-0.4, -0.2) is 70.1 Å². The molecule has 2 rings (SSSR count). The Balaban J connectivity index is 1.85. The minimum atomic E-state index is -3.43. The second-order valence-corrected chi connectivity index (χ2v) is 9.37. The fraction of sp³-hybridized carbons (Fsp3) is 0.714. The molecule has 160 valence electrons. The topological polar surface area (TPSA) is 75.9 Å². The molecule has 28 heavy (non-hydrogen) atoms. The predicted molar refractivity (Wildman–Crippen MR) is 114 cm³/mol. The molecule has 1 fully saturated rings. The Hall–Kier alpha value is -0.990. The van der Waals surface area contributed by atoms with Crippen molar-refractivity contribution in [3.05, 3.63) is 30.3 Å². The van der Waals surface area contributed by atoms with Gasteiger partial charge in [0.15, 0.2) is 0 Å². The van der Waals surface area contributed by atoms with Gasteiger partial charge in [-0.05, 0) is 44.5 Å². The number of hydrogen-bond acceptors (Lipinski definition) is 5. The zero-order chi connectivity index (χ0) is 20.1. The first-order valence-corrected chi connectivity index (χ1v) is 12.1. The van der Waals surface area contributed by atoms with Crippen LogP contribution in [0.3, 0.4) is 0 Å². The van der Waals surface area contributed by atoms with E-state index in [9.17, 15) is 8.42 Å². The summed E-state index contributed by atoms with van der Waals surface area (Å²) >= 11 is 0. The number of morpholine rings is 1. The van der Waals surface area contributed by atoms with Crippen molar-refractivity contribution in [2.45, 2.75) is 49.8 Å². The Morgan fingerprint density at radius 2 is 1.50 bits per heavy atom. The summed E-state index contributed by atoms with van der Waals surface area (Å²) in [6.07, 6.45) is 7.40. The van der Waals surface area contributed by atoms with Crippen molar-refractivity contribution < 1.29 is 13.2 Å². The van der Waals surface area contributed by atoms with Gasteiger partial charge in [-0.15, -0.1) is 0 Å². The van der Waals surface area contributed by atoms with Crippen LogP contribution < -0.4 is 5.73 Å². The van der Waals surface area contributed by atoms with E-state index < -0.39 is 10.0 Å². The average Bonchev–Trinajstić information content (AvgIpc) is 2.73. The molecule has 1 aliphatic rings. The first kappa shape index (κ1) is 23.3. The second-order valence-electron chi connectivity index (χ2n) is 7.43. The van der Waals surface area contributed by atoms with Gasteiger partial charge in [0.1, 0.15) is 0 Å². The molecule has 6 nitrogen and oxygen atoms in total. The minimum absolute atomic E-state index is 0.393. The summed E-state index contributed by atoms with van der Waals surface area (Å²) in [7, 11) is -3.43. The lowest BCUT2D eigenvalue weighted by Crippen LogP contribution is -2.39. The number of sulfonamides is 1. The molecule has 2 N–H and O–H groups in total. The number of rotatable bonds is 14. The Morgan fingerprint density at radius 1 is 0.893 bits per heavy atom. The molecular formula is C21H37N3O3S. The number of ether oxygens (including phenoxy) is 1. The lowest BCUT2D eigenvalue weighted by Gasteiger charge is -2.28. The Bertz CT molecular complexity index is 619. The molecule has 1 aliphatic heterocycles. The largest absolute Gasteiger partial charge is 0.379 e. The molecule has 1 aromatic rings. The zero-order valence-corrected chi connectivity index (χ0v) is 17.9. The van der Waals surface area contributed by atoms with Gasteiger partial charge in [-0.1, -0.05) is 43.9 Å². The van der Waals surface area contributed by atoms with Crippen LogP contribution in [0.15, 0.2) is 35.2 Å².